The molecule has 1 unspecified atom stereocenters. The van der Waals surface area contributed by atoms with E-state index in [1.54, 1.807) is 25.2 Å². The molecular weight excluding hydrogens is 504 g/mol. The lowest BCUT2D eigenvalue weighted by Crippen LogP contribution is -2.33. The number of rotatable bonds is 7. The summed E-state index contributed by atoms with van der Waals surface area (Å²) < 4.78 is 1.51. The van der Waals surface area contributed by atoms with Crippen molar-refractivity contribution in [3.63, 3.8) is 0 Å². The largest absolute Gasteiger partial charge is 0.393 e. The molecule has 0 bridgehead atoms. The van der Waals surface area contributed by atoms with Gasteiger partial charge in [-0.15, -0.1) is 0 Å². The van der Waals surface area contributed by atoms with E-state index in [-0.39, 0.29) is 28.2 Å². The maximum absolute atomic E-state index is 13.4. The number of aliphatic hydroxyl groups excluding tert-OH is 1. The van der Waals surface area contributed by atoms with Gasteiger partial charge in [0.05, 0.1) is 28.1 Å². The monoisotopic (exact) mass is 530 g/mol. The number of benzene rings is 2. The third kappa shape index (κ3) is 5.53. The molecule has 10 heteroatoms. The summed E-state index contributed by atoms with van der Waals surface area (Å²) in [5.74, 6) is 0.192. The Labute approximate surface area is 224 Å². The normalized spacial score (nSPS) is 16.7. The lowest BCUT2D eigenvalue weighted by molar-refractivity contribution is 0.0927. The van der Waals surface area contributed by atoms with Crippen molar-refractivity contribution in [1.29, 1.82) is 0 Å². The maximum atomic E-state index is 13.4. The van der Waals surface area contributed by atoms with Crippen LogP contribution in [0.15, 0.2) is 72.8 Å². The molecule has 4 aromatic rings. The van der Waals surface area contributed by atoms with Crippen LogP contribution in [-0.2, 0) is 0 Å². The van der Waals surface area contributed by atoms with Crippen molar-refractivity contribution in [3.8, 4) is 16.9 Å². The first-order chi connectivity index (χ1) is 18.4. The summed E-state index contributed by atoms with van der Waals surface area (Å²) in [4.78, 5) is 30.9. The van der Waals surface area contributed by atoms with Gasteiger partial charge in [0.15, 0.2) is 5.69 Å². The fraction of sp³-hybridized carbons (Fsp3) is 0.214. The topological polar surface area (TPSA) is 121 Å². The molecule has 2 atom stereocenters. The number of aromatic nitrogens is 3. The molecule has 2 aromatic heterocycles. The van der Waals surface area contributed by atoms with Crippen LogP contribution in [0, 0.1) is 0 Å². The van der Waals surface area contributed by atoms with Gasteiger partial charge in [0.2, 0.25) is 0 Å². The van der Waals surface area contributed by atoms with Gasteiger partial charge in [-0.1, -0.05) is 41.9 Å². The molecule has 194 valence electrons. The van der Waals surface area contributed by atoms with Crippen LogP contribution in [0.1, 0.15) is 40.1 Å². The minimum absolute atomic E-state index is 0.117. The van der Waals surface area contributed by atoms with Gasteiger partial charge in [0.25, 0.3) is 11.8 Å². The predicted octanol–water partition coefficient (Wildman–Crippen LogP) is 4.52. The first-order valence-electron chi connectivity index (χ1n) is 12.3. The van der Waals surface area contributed by atoms with Gasteiger partial charge < -0.3 is 21.1 Å². The van der Waals surface area contributed by atoms with Gasteiger partial charge in [-0.25, -0.2) is 9.67 Å². The van der Waals surface area contributed by atoms with Gasteiger partial charge in [0, 0.05) is 24.7 Å². The van der Waals surface area contributed by atoms with E-state index in [4.69, 9.17) is 11.6 Å². The Bertz CT molecular complexity index is 1470. The standard InChI is InChI=1S/C28H27ClN6O3/c1-30-25-9-5-8-23(32-25)17-10-13-22(29)21(14-17)27(37)33-26-16-24(28(38)31-18-11-12-20(36)15-18)34-35(26)19-6-3-2-4-7-19/h2-10,13-14,16,18,20,36H,11-12,15H2,1H3,(H,30,32)(H,31,38)(H,33,37)/t18?,20-/m1/s1. The summed E-state index contributed by atoms with van der Waals surface area (Å²) >= 11 is 6.42. The molecule has 4 N–H and O–H groups in total. The van der Waals surface area contributed by atoms with Crippen LogP contribution in [0.2, 0.25) is 5.02 Å². The van der Waals surface area contributed by atoms with Crippen molar-refractivity contribution in [2.45, 2.75) is 31.4 Å². The summed E-state index contributed by atoms with van der Waals surface area (Å²) in [6, 6.07) is 21.3. The highest BCUT2D eigenvalue weighted by Gasteiger charge is 2.26. The molecule has 1 fully saturated rings. The summed E-state index contributed by atoms with van der Waals surface area (Å²) in [6.07, 6.45) is 1.46. The van der Waals surface area contributed by atoms with E-state index in [1.165, 1.54) is 10.7 Å². The number of amides is 2. The Balaban J connectivity index is 1.44. The summed E-state index contributed by atoms with van der Waals surface area (Å²) in [5, 5.41) is 23.3. The fourth-order valence-corrected chi connectivity index (χ4v) is 4.68. The zero-order chi connectivity index (χ0) is 26.6. The highest BCUT2D eigenvalue weighted by Crippen LogP contribution is 2.27. The number of nitrogens with zero attached hydrogens (tertiary/aromatic N) is 3. The van der Waals surface area contributed by atoms with E-state index in [0.29, 0.717) is 42.3 Å². The van der Waals surface area contributed by atoms with Crippen molar-refractivity contribution in [2.75, 3.05) is 17.7 Å². The Hall–Kier alpha value is -4.21. The molecule has 1 aliphatic rings. The van der Waals surface area contributed by atoms with Gasteiger partial charge in [0.1, 0.15) is 11.6 Å². The molecule has 0 saturated heterocycles. The molecule has 0 aliphatic heterocycles. The van der Waals surface area contributed by atoms with Gasteiger partial charge in [-0.3, -0.25) is 9.59 Å². The molecule has 2 aromatic carbocycles. The quantitative estimate of drug-likeness (QED) is 0.279. The second kappa shape index (κ2) is 11.0. The number of carbonyl (C=O) groups is 2. The Morgan fingerprint density at radius 1 is 1.00 bits per heavy atom. The van der Waals surface area contributed by atoms with Crippen molar-refractivity contribution in [3.05, 3.63) is 89.1 Å². The number of hydrogen-bond donors (Lipinski definition) is 4. The van der Waals surface area contributed by atoms with Crippen molar-refractivity contribution >= 4 is 35.1 Å². The number of aliphatic hydroxyl groups is 1. The van der Waals surface area contributed by atoms with E-state index in [1.807, 2.05) is 48.5 Å². The number of pyridine rings is 1. The van der Waals surface area contributed by atoms with Crippen LogP contribution >= 0.6 is 11.6 Å². The van der Waals surface area contributed by atoms with Crippen LogP contribution in [0.4, 0.5) is 11.6 Å². The van der Waals surface area contributed by atoms with Crippen LogP contribution in [0.25, 0.3) is 16.9 Å². The second-order valence-electron chi connectivity index (χ2n) is 9.11. The summed E-state index contributed by atoms with van der Waals surface area (Å²) in [6.45, 7) is 0. The molecule has 0 radical (unpaired) electrons. The van der Waals surface area contributed by atoms with Crippen LogP contribution < -0.4 is 16.0 Å². The lowest BCUT2D eigenvalue weighted by atomic mass is 10.1. The van der Waals surface area contributed by atoms with Crippen molar-refractivity contribution < 1.29 is 14.7 Å². The Morgan fingerprint density at radius 2 is 1.82 bits per heavy atom. The van der Waals surface area contributed by atoms with E-state index in [2.05, 4.69) is 26.0 Å². The molecule has 9 nitrogen and oxygen atoms in total. The highest BCUT2D eigenvalue weighted by molar-refractivity contribution is 6.34. The maximum Gasteiger partial charge on any atom is 0.272 e. The van der Waals surface area contributed by atoms with Crippen molar-refractivity contribution in [2.24, 2.45) is 0 Å². The third-order valence-corrected chi connectivity index (χ3v) is 6.77. The number of carbonyl (C=O) groups excluding carboxylic acids is 2. The lowest BCUT2D eigenvalue weighted by Gasteiger charge is -2.11. The molecule has 38 heavy (non-hydrogen) atoms. The number of halogens is 1. The fourth-order valence-electron chi connectivity index (χ4n) is 4.47. The second-order valence-corrected chi connectivity index (χ2v) is 9.51. The average Bonchev–Trinajstić information content (AvgIpc) is 3.55. The summed E-state index contributed by atoms with van der Waals surface area (Å²) in [5.41, 5.74) is 2.50. The predicted molar refractivity (Wildman–Crippen MR) is 147 cm³/mol. The molecular formula is C28H27ClN6O3. The first-order valence-corrected chi connectivity index (χ1v) is 12.7. The van der Waals surface area contributed by atoms with E-state index < -0.39 is 12.0 Å². The Kier molecular flexibility index (Phi) is 7.39. The van der Waals surface area contributed by atoms with Gasteiger partial charge in [-0.05, 0) is 55.7 Å². The van der Waals surface area contributed by atoms with E-state index in [9.17, 15) is 14.7 Å². The number of nitrogens with one attached hydrogen (secondary N) is 3. The molecule has 5 rings (SSSR count). The number of para-hydroxylation sites is 1. The van der Waals surface area contributed by atoms with Crippen LogP contribution in [0.5, 0.6) is 0 Å². The van der Waals surface area contributed by atoms with E-state index >= 15 is 0 Å². The molecule has 2 heterocycles. The van der Waals surface area contributed by atoms with Crippen LogP contribution in [0.3, 0.4) is 0 Å². The Morgan fingerprint density at radius 3 is 2.55 bits per heavy atom. The zero-order valence-corrected chi connectivity index (χ0v) is 21.4. The minimum atomic E-state index is -0.454. The molecule has 2 amide bonds. The SMILES string of the molecule is CNc1cccc(-c2ccc(Cl)c(C(=O)Nc3cc(C(=O)NC4CC[C@@H](O)C4)nn3-c3ccccc3)c2)n1. The zero-order valence-electron chi connectivity index (χ0n) is 20.7. The highest BCUT2D eigenvalue weighted by atomic mass is 35.5. The average molecular weight is 531 g/mol. The van der Waals surface area contributed by atoms with E-state index in [0.717, 1.165) is 5.56 Å². The molecule has 1 saturated carbocycles. The first kappa shape index (κ1) is 25.4. The number of anilines is 2. The summed E-state index contributed by atoms with van der Waals surface area (Å²) in [7, 11) is 1.79. The van der Waals surface area contributed by atoms with Crippen molar-refractivity contribution in [1.82, 2.24) is 20.1 Å². The van der Waals surface area contributed by atoms with Gasteiger partial charge in [-0.2, -0.15) is 5.10 Å². The van der Waals surface area contributed by atoms with Gasteiger partial charge >= 0.3 is 0 Å². The number of hydrogen-bond acceptors (Lipinski definition) is 6. The third-order valence-electron chi connectivity index (χ3n) is 6.44. The minimum Gasteiger partial charge on any atom is -0.393 e. The van der Waals surface area contributed by atoms with Crippen LogP contribution in [-0.4, -0.2) is 50.9 Å². The molecule has 0 spiro atoms. The molecule has 1 aliphatic carbocycles. The smallest absolute Gasteiger partial charge is 0.272 e.